The minimum absolute atomic E-state index is 0.183. The summed E-state index contributed by atoms with van der Waals surface area (Å²) < 4.78 is 10.8. The van der Waals surface area contributed by atoms with E-state index in [9.17, 15) is 15.2 Å². The number of fused-ring (bicyclic) bond motifs is 1. The summed E-state index contributed by atoms with van der Waals surface area (Å²) in [5.41, 5.74) is 1.65. The van der Waals surface area contributed by atoms with Crippen molar-refractivity contribution in [1.82, 2.24) is 0 Å². The summed E-state index contributed by atoms with van der Waals surface area (Å²) >= 11 is 0. The van der Waals surface area contributed by atoms with Crippen LogP contribution in [0.1, 0.15) is 22.8 Å². The summed E-state index contributed by atoms with van der Waals surface area (Å²) in [4.78, 5) is 10.8. The third kappa shape index (κ3) is 2.60. The number of nitro benzene ring substituents is 1. The highest BCUT2D eigenvalue weighted by Gasteiger charge is 2.27. The Hall–Kier alpha value is -2.60. The molecule has 22 heavy (non-hydrogen) atoms. The van der Waals surface area contributed by atoms with Crippen molar-refractivity contribution in [3.05, 3.63) is 63.2 Å². The van der Waals surface area contributed by atoms with Gasteiger partial charge in [0.15, 0.2) is 11.5 Å². The van der Waals surface area contributed by atoms with E-state index >= 15 is 0 Å². The lowest BCUT2D eigenvalue weighted by Crippen LogP contribution is -2.16. The van der Waals surface area contributed by atoms with Crippen LogP contribution in [-0.4, -0.2) is 23.2 Å². The fraction of sp³-hybridized carbons (Fsp3) is 0.250. The predicted molar refractivity (Wildman–Crippen MR) is 79.3 cm³/mol. The van der Waals surface area contributed by atoms with Crippen LogP contribution in [0.25, 0.3) is 0 Å². The van der Waals surface area contributed by atoms with Crippen LogP contribution in [0.2, 0.25) is 0 Å². The largest absolute Gasteiger partial charge is 0.486 e. The highest BCUT2D eigenvalue weighted by molar-refractivity contribution is 5.57. The van der Waals surface area contributed by atoms with Crippen molar-refractivity contribution in [1.29, 1.82) is 0 Å². The zero-order valence-corrected chi connectivity index (χ0v) is 12.0. The van der Waals surface area contributed by atoms with Crippen LogP contribution in [-0.2, 0) is 0 Å². The summed E-state index contributed by atoms with van der Waals surface area (Å²) in [6, 6.07) is 9.99. The van der Waals surface area contributed by atoms with E-state index in [1.54, 1.807) is 12.1 Å². The molecule has 2 aromatic rings. The highest BCUT2D eigenvalue weighted by atomic mass is 16.6. The van der Waals surface area contributed by atoms with Crippen molar-refractivity contribution in [2.75, 3.05) is 13.2 Å². The molecule has 0 fully saturated rings. The molecule has 1 N–H and O–H groups in total. The number of aliphatic hydroxyl groups excluding tert-OH is 1. The number of hydrogen-bond donors (Lipinski definition) is 1. The lowest BCUT2D eigenvalue weighted by molar-refractivity contribution is -0.386. The van der Waals surface area contributed by atoms with Crippen molar-refractivity contribution in [3.63, 3.8) is 0 Å². The molecule has 1 atom stereocenters. The molecule has 0 radical (unpaired) electrons. The molecule has 6 nitrogen and oxygen atoms in total. The molecule has 6 heteroatoms. The Morgan fingerprint density at radius 2 is 1.73 bits per heavy atom. The SMILES string of the molecule is Cc1ccc([C@@H](O)c2cc3c(cc2[N+](=O)[O-])OCCO3)cc1. The number of nitro groups is 1. The first-order valence-electron chi connectivity index (χ1n) is 6.89. The van der Waals surface area contributed by atoms with Crippen LogP contribution in [0.15, 0.2) is 36.4 Å². The monoisotopic (exact) mass is 301 g/mol. The second kappa shape index (κ2) is 5.65. The maximum atomic E-state index is 11.3. The first-order valence-corrected chi connectivity index (χ1v) is 6.89. The summed E-state index contributed by atoms with van der Waals surface area (Å²) in [7, 11) is 0. The average Bonchev–Trinajstić information content (AvgIpc) is 2.53. The Kier molecular flexibility index (Phi) is 3.68. The minimum Gasteiger partial charge on any atom is -0.486 e. The van der Waals surface area contributed by atoms with Gasteiger partial charge in [0, 0.05) is 0 Å². The van der Waals surface area contributed by atoms with E-state index in [0.29, 0.717) is 30.3 Å². The van der Waals surface area contributed by atoms with Crippen LogP contribution in [0.4, 0.5) is 5.69 Å². The average molecular weight is 301 g/mol. The van der Waals surface area contributed by atoms with Crippen molar-refractivity contribution in [3.8, 4) is 11.5 Å². The van der Waals surface area contributed by atoms with Gasteiger partial charge >= 0.3 is 0 Å². The third-order valence-corrected chi connectivity index (χ3v) is 3.58. The second-order valence-electron chi connectivity index (χ2n) is 5.13. The van der Waals surface area contributed by atoms with Crippen LogP contribution >= 0.6 is 0 Å². The highest BCUT2D eigenvalue weighted by Crippen LogP contribution is 2.40. The van der Waals surface area contributed by atoms with Gasteiger partial charge in [-0.25, -0.2) is 0 Å². The summed E-state index contributed by atoms with van der Waals surface area (Å²) in [6.07, 6.45) is -1.10. The van der Waals surface area contributed by atoms with Crippen molar-refractivity contribution < 1.29 is 19.5 Å². The normalized spacial score (nSPS) is 14.5. The molecular formula is C16H15NO5. The zero-order chi connectivity index (χ0) is 15.7. The molecule has 0 saturated heterocycles. The molecule has 0 saturated carbocycles. The van der Waals surface area contributed by atoms with Crippen LogP contribution in [0, 0.1) is 17.0 Å². The molecule has 3 rings (SSSR count). The Balaban J connectivity index is 2.07. The molecule has 0 unspecified atom stereocenters. The number of nitrogens with zero attached hydrogens (tertiary/aromatic N) is 1. The van der Waals surface area contributed by atoms with Gasteiger partial charge in [-0.2, -0.15) is 0 Å². The standard InChI is InChI=1S/C16H15NO5/c1-10-2-4-11(5-3-10)16(18)12-8-14-15(22-7-6-21-14)9-13(12)17(19)20/h2-5,8-9,16,18H,6-7H2,1H3/t16-/m1/s1. The van der Waals surface area contributed by atoms with Gasteiger partial charge in [0.2, 0.25) is 0 Å². The van der Waals surface area contributed by atoms with Crippen LogP contribution < -0.4 is 9.47 Å². The number of aliphatic hydroxyl groups is 1. The van der Waals surface area contributed by atoms with Gasteiger partial charge in [0.05, 0.1) is 16.6 Å². The van der Waals surface area contributed by atoms with E-state index in [2.05, 4.69) is 0 Å². The van der Waals surface area contributed by atoms with Crippen LogP contribution in [0.5, 0.6) is 11.5 Å². The smallest absolute Gasteiger partial charge is 0.279 e. The minimum atomic E-state index is -1.10. The fourth-order valence-electron chi connectivity index (χ4n) is 2.40. The number of benzene rings is 2. The summed E-state index contributed by atoms with van der Waals surface area (Å²) in [6.45, 7) is 2.66. The maximum Gasteiger partial charge on any atom is 0.279 e. The van der Waals surface area contributed by atoms with Crippen molar-refractivity contribution in [2.24, 2.45) is 0 Å². The molecule has 0 amide bonds. The van der Waals surface area contributed by atoms with E-state index in [-0.39, 0.29) is 11.3 Å². The lowest BCUT2D eigenvalue weighted by atomic mass is 9.98. The quantitative estimate of drug-likeness (QED) is 0.696. The summed E-state index contributed by atoms with van der Waals surface area (Å²) in [5, 5.41) is 21.8. The first-order chi connectivity index (χ1) is 10.6. The molecule has 0 aromatic heterocycles. The first kappa shape index (κ1) is 14.3. The van der Waals surface area contributed by atoms with Gasteiger partial charge in [-0.3, -0.25) is 10.1 Å². The molecule has 1 aliphatic rings. The van der Waals surface area contributed by atoms with E-state index < -0.39 is 11.0 Å². The second-order valence-corrected chi connectivity index (χ2v) is 5.13. The lowest BCUT2D eigenvalue weighted by Gasteiger charge is -2.20. The molecule has 1 aliphatic heterocycles. The van der Waals surface area contributed by atoms with E-state index in [1.807, 2.05) is 19.1 Å². The molecule has 1 heterocycles. The van der Waals surface area contributed by atoms with Gasteiger partial charge < -0.3 is 14.6 Å². The maximum absolute atomic E-state index is 11.3. The van der Waals surface area contributed by atoms with E-state index in [4.69, 9.17) is 9.47 Å². The van der Waals surface area contributed by atoms with Gasteiger partial charge in [-0.1, -0.05) is 29.8 Å². The Labute approximate surface area is 127 Å². The molecule has 0 bridgehead atoms. The van der Waals surface area contributed by atoms with Crippen molar-refractivity contribution in [2.45, 2.75) is 13.0 Å². The zero-order valence-electron chi connectivity index (χ0n) is 12.0. The van der Waals surface area contributed by atoms with Gasteiger partial charge in [0.1, 0.15) is 19.3 Å². The third-order valence-electron chi connectivity index (χ3n) is 3.58. The molecule has 114 valence electrons. The van der Waals surface area contributed by atoms with E-state index in [1.165, 1.54) is 12.1 Å². The molecule has 0 spiro atoms. The van der Waals surface area contributed by atoms with Gasteiger partial charge in [-0.05, 0) is 18.6 Å². The number of ether oxygens (including phenoxy) is 2. The fourth-order valence-corrected chi connectivity index (χ4v) is 2.40. The Morgan fingerprint density at radius 1 is 1.14 bits per heavy atom. The number of aryl methyl sites for hydroxylation is 1. The summed E-state index contributed by atoms with van der Waals surface area (Å²) in [5.74, 6) is 0.746. The molecular weight excluding hydrogens is 286 g/mol. The predicted octanol–water partition coefficient (Wildman–Crippen LogP) is 2.76. The van der Waals surface area contributed by atoms with Gasteiger partial charge in [-0.15, -0.1) is 0 Å². The van der Waals surface area contributed by atoms with Crippen LogP contribution in [0.3, 0.4) is 0 Å². The topological polar surface area (TPSA) is 81.8 Å². The molecule has 0 aliphatic carbocycles. The Bertz CT molecular complexity index is 711. The van der Waals surface area contributed by atoms with Crippen molar-refractivity contribution >= 4 is 5.69 Å². The Morgan fingerprint density at radius 3 is 2.32 bits per heavy atom. The molecule has 2 aromatic carbocycles. The van der Waals surface area contributed by atoms with Gasteiger partial charge in [0.25, 0.3) is 5.69 Å². The number of hydrogen-bond acceptors (Lipinski definition) is 5. The van der Waals surface area contributed by atoms with E-state index in [0.717, 1.165) is 5.56 Å². The number of rotatable bonds is 3.